The summed E-state index contributed by atoms with van der Waals surface area (Å²) in [7, 11) is -3.52. The number of rotatable bonds is 5. The number of piperidine rings is 1. The number of carbonyl (C=O) groups is 1. The third-order valence-corrected chi connectivity index (χ3v) is 8.61. The molecular weight excluding hydrogens is 456 g/mol. The van der Waals surface area contributed by atoms with Crippen LogP contribution < -0.4 is 5.32 Å². The molecule has 1 aliphatic heterocycles. The molecule has 162 valence electrons. The molecular formula is C21H21ClN4O3S2. The first kappa shape index (κ1) is 21.9. The number of aromatic nitrogens is 2. The van der Waals surface area contributed by atoms with Crippen LogP contribution in [-0.4, -0.2) is 41.9 Å². The van der Waals surface area contributed by atoms with Gasteiger partial charge in [-0.1, -0.05) is 47.2 Å². The van der Waals surface area contributed by atoms with Crippen LogP contribution in [0.5, 0.6) is 0 Å². The van der Waals surface area contributed by atoms with E-state index in [-0.39, 0.29) is 16.8 Å². The highest BCUT2D eigenvalue weighted by Crippen LogP contribution is 2.33. The molecule has 1 N–H and O–H groups in total. The highest BCUT2D eigenvalue weighted by Gasteiger charge is 2.32. The maximum atomic E-state index is 13.0. The predicted octanol–water partition coefficient (Wildman–Crippen LogP) is 4.32. The van der Waals surface area contributed by atoms with E-state index in [1.54, 1.807) is 49.4 Å². The molecule has 2 aromatic carbocycles. The minimum absolute atomic E-state index is 0.0774. The molecule has 1 aromatic heterocycles. The lowest BCUT2D eigenvalue weighted by atomic mass is 9.99. The van der Waals surface area contributed by atoms with Crippen molar-refractivity contribution >= 4 is 44.6 Å². The minimum Gasteiger partial charge on any atom is -0.320 e. The Morgan fingerprint density at radius 2 is 1.87 bits per heavy atom. The molecule has 0 bridgehead atoms. The van der Waals surface area contributed by atoms with Crippen molar-refractivity contribution in [2.45, 2.75) is 30.6 Å². The van der Waals surface area contributed by atoms with E-state index in [0.29, 0.717) is 41.5 Å². The van der Waals surface area contributed by atoms with Crippen molar-refractivity contribution in [2.24, 2.45) is 0 Å². The molecule has 0 spiro atoms. The summed E-state index contributed by atoms with van der Waals surface area (Å²) in [5.41, 5.74) is 1.33. The van der Waals surface area contributed by atoms with Crippen LogP contribution in [0.2, 0.25) is 5.02 Å². The van der Waals surface area contributed by atoms with Crippen molar-refractivity contribution in [3.8, 4) is 0 Å². The first-order chi connectivity index (χ1) is 14.8. The summed E-state index contributed by atoms with van der Waals surface area (Å²) in [5, 5.41) is 12.5. The van der Waals surface area contributed by atoms with E-state index >= 15 is 0 Å². The van der Waals surface area contributed by atoms with Crippen LogP contribution in [-0.2, 0) is 10.0 Å². The van der Waals surface area contributed by atoms with E-state index in [9.17, 15) is 13.2 Å². The zero-order valence-corrected chi connectivity index (χ0v) is 19.2. The van der Waals surface area contributed by atoms with Gasteiger partial charge in [0.05, 0.1) is 4.90 Å². The van der Waals surface area contributed by atoms with Crippen molar-refractivity contribution in [2.75, 3.05) is 18.4 Å². The Hall–Kier alpha value is -2.33. The maximum Gasteiger partial charge on any atom is 0.286 e. The fourth-order valence-electron chi connectivity index (χ4n) is 3.57. The number of sulfonamides is 1. The second-order valence-corrected chi connectivity index (χ2v) is 10.7. The number of hydrogen-bond acceptors (Lipinski definition) is 6. The smallest absolute Gasteiger partial charge is 0.286 e. The Morgan fingerprint density at radius 1 is 1.13 bits per heavy atom. The molecule has 1 aliphatic rings. The molecule has 4 rings (SSSR count). The van der Waals surface area contributed by atoms with Crippen molar-refractivity contribution < 1.29 is 13.2 Å². The molecule has 7 nitrogen and oxygen atoms in total. The van der Waals surface area contributed by atoms with Gasteiger partial charge in [0.15, 0.2) is 0 Å². The van der Waals surface area contributed by atoms with Gasteiger partial charge in [-0.05, 0) is 49.6 Å². The van der Waals surface area contributed by atoms with E-state index < -0.39 is 10.0 Å². The fraction of sp³-hybridized carbons (Fsp3) is 0.286. The van der Waals surface area contributed by atoms with E-state index in [4.69, 9.17) is 11.6 Å². The zero-order valence-electron chi connectivity index (χ0n) is 16.8. The number of amides is 1. The predicted molar refractivity (Wildman–Crippen MR) is 121 cm³/mol. The monoisotopic (exact) mass is 476 g/mol. The summed E-state index contributed by atoms with van der Waals surface area (Å²) in [6, 6.07) is 13.9. The quantitative estimate of drug-likeness (QED) is 0.592. The molecule has 10 heteroatoms. The molecule has 2 heterocycles. The molecule has 0 atom stereocenters. The van der Waals surface area contributed by atoms with Gasteiger partial charge in [0, 0.05) is 29.7 Å². The molecule has 31 heavy (non-hydrogen) atoms. The molecule has 0 radical (unpaired) electrons. The van der Waals surface area contributed by atoms with Crippen molar-refractivity contribution in [1.82, 2.24) is 14.5 Å². The van der Waals surface area contributed by atoms with E-state index in [0.717, 1.165) is 10.6 Å². The third-order valence-electron chi connectivity index (χ3n) is 5.23. The number of aryl methyl sites for hydroxylation is 1. The lowest BCUT2D eigenvalue weighted by molar-refractivity contribution is 0.102. The SMILES string of the molecule is Cc1ccccc1S(=O)(=O)N1CCC(c2nnc(C(=O)Nc3cccc(Cl)c3)s2)CC1. The van der Waals surface area contributed by atoms with Crippen LogP contribution in [0.1, 0.15) is 39.1 Å². The summed E-state index contributed by atoms with van der Waals surface area (Å²) in [6.45, 7) is 2.62. The van der Waals surface area contributed by atoms with Crippen LogP contribution >= 0.6 is 22.9 Å². The number of carbonyl (C=O) groups excluding carboxylic acids is 1. The van der Waals surface area contributed by atoms with Gasteiger partial charge in [-0.3, -0.25) is 4.79 Å². The normalized spacial score (nSPS) is 15.7. The van der Waals surface area contributed by atoms with Crippen LogP contribution in [0, 0.1) is 6.92 Å². The van der Waals surface area contributed by atoms with Gasteiger partial charge in [-0.15, -0.1) is 10.2 Å². The summed E-state index contributed by atoms with van der Waals surface area (Å²) < 4.78 is 27.5. The standard InChI is InChI=1S/C21H21ClN4O3S2/c1-14-5-2-3-8-18(14)31(28,29)26-11-9-15(10-12-26)20-24-25-21(30-20)19(27)23-17-7-4-6-16(22)13-17/h2-8,13,15H,9-12H2,1H3,(H,23,27). The zero-order chi connectivity index (χ0) is 22.0. The summed E-state index contributed by atoms with van der Waals surface area (Å²) in [4.78, 5) is 12.8. The third kappa shape index (κ3) is 4.79. The largest absolute Gasteiger partial charge is 0.320 e. The Balaban J connectivity index is 1.40. The van der Waals surface area contributed by atoms with Crippen molar-refractivity contribution in [3.05, 3.63) is 69.1 Å². The van der Waals surface area contributed by atoms with Gasteiger partial charge in [-0.25, -0.2) is 8.42 Å². The maximum absolute atomic E-state index is 13.0. The first-order valence-electron chi connectivity index (χ1n) is 9.80. The average molecular weight is 477 g/mol. The molecule has 1 saturated heterocycles. The lowest BCUT2D eigenvalue weighted by Crippen LogP contribution is -2.38. The topological polar surface area (TPSA) is 92.3 Å². The number of hydrogen-bond donors (Lipinski definition) is 1. The van der Waals surface area contributed by atoms with E-state index in [1.165, 1.54) is 15.6 Å². The molecule has 0 aliphatic carbocycles. The van der Waals surface area contributed by atoms with Crippen molar-refractivity contribution in [1.29, 1.82) is 0 Å². The number of anilines is 1. The van der Waals surface area contributed by atoms with Gasteiger partial charge in [0.2, 0.25) is 15.0 Å². The van der Waals surface area contributed by atoms with Crippen LogP contribution in [0.4, 0.5) is 5.69 Å². The van der Waals surface area contributed by atoms with Crippen molar-refractivity contribution in [3.63, 3.8) is 0 Å². The van der Waals surface area contributed by atoms with Crippen LogP contribution in [0.25, 0.3) is 0 Å². The number of nitrogens with zero attached hydrogens (tertiary/aromatic N) is 3. The highest BCUT2D eigenvalue weighted by atomic mass is 35.5. The molecule has 1 amide bonds. The Kier molecular flexibility index (Phi) is 6.38. The fourth-order valence-corrected chi connectivity index (χ4v) is 6.36. The van der Waals surface area contributed by atoms with E-state index in [2.05, 4.69) is 15.5 Å². The number of nitrogens with one attached hydrogen (secondary N) is 1. The Morgan fingerprint density at radius 3 is 2.58 bits per heavy atom. The van der Waals surface area contributed by atoms with Crippen LogP contribution in [0.15, 0.2) is 53.4 Å². The van der Waals surface area contributed by atoms with Gasteiger partial charge in [-0.2, -0.15) is 4.31 Å². The first-order valence-corrected chi connectivity index (χ1v) is 12.4. The Bertz CT molecular complexity index is 1200. The van der Waals surface area contributed by atoms with Gasteiger partial charge in [0.1, 0.15) is 5.01 Å². The van der Waals surface area contributed by atoms with E-state index in [1.807, 2.05) is 6.07 Å². The summed E-state index contributed by atoms with van der Waals surface area (Å²) in [5.74, 6) is -0.265. The second kappa shape index (κ2) is 9.04. The minimum atomic E-state index is -3.52. The molecule has 0 saturated carbocycles. The highest BCUT2D eigenvalue weighted by molar-refractivity contribution is 7.89. The second-order valence-electron chi connectivity index (χ2n) is 7.35. The Labute approximate surface area is 190 Å². The summed E-state index contributed by atoms with van der Waals surface area (Å²) >= 11 is 7.19. The van der Waals surface area contributed by atoms with Gasteiger partial charge < -0.3 is 5.32 Å². The number of benzene rings is 2. The molecule has 0 unspecified atom stereocenters. The molecule has 3 aromatic rings. The average Bonchev–Trinajstić information content (AvgIpc) is 3.24. The summed E-state index contributed by atoms with van der Waals surface area (Å²) in [6.07, 6.45) is 1.27. The van der Waals surface area contributed by atoms with Gasteiger partial charge in [0.25, 0.3) is 5.91 Å². The van der Waals surface area contributed by atoms with Crippen LogP contribution in [0.3, 0.4) is 0 Å². The molecule has 1 fully saturated rings. The number of halogens is 1. The van der Waals surface area contributed by atoms with Gasteiger partial charge >= 0.3 is 0 Å². The lowest BCUT2D eigenvalue weighted by Gasteiger charge is -2.30.